The Hall–Kier alpha value is 0.830. The average Bonchev–Trinajstić information content (AvgIpc) is 2.60. The minimum absolute atomic E-state index is 0.620. The summed E-state index contributed by atoms with van der Waals surface area (Å²) in [6.07, 6.45) is 9.47. The lowest BCUT2D eigenvalue weighted by molar-refractivity contribution is 0.313. The predicted molar refractivity (Wildman–Crippen MR) is 123 cm³/mol. The van der Waals surface area contributed by atoms with Gasteiger partial charge in [-0.15, -0.1) is 0 Å². The fourth-order valence-corrected chi connectivity index (χ4v) is 8.24. The number of hydrogen-bond acceptors (Lipinski definition) is 7. The van der Waals surface area contributed by atoms with E-state index in [2.05, 4.69) is 25.6 Å². The van der Waals surface area contributed by atoms with Crippen molar-refractivity contribution in [3.63, 3.8) is 0 Å². The van der Waals surface area contributed by atoms with Gasteiger partial charge in [-0.25, -0.2) is 0 Å². The number of hydrogen-bond donors (Lipinski definition) is 0. The van der Waals surface area contributed by atoms with Gasteiger partial charge in [-0.2, -0.15) is 11.8 Å². The van der Waals surface area contributed by atoms with Crippen molar-refractivity contribution < 1.29 is 9.47 Å². The Morgan fingerprint density at radius 2 is 1.28 bits per heavy atom. The molecule has 0 radical (unpaired) electrons. The van der Waals surface area contributed by atoms with Gasteiger partial charge < -0.3 is 9.47 Å². The lowest BCUT2D eigenvalue weighted by Gasteiger charge is -2.43. The van der Waals surface area contributed by atoms with Crippen LogP contribution in [0.2, 0.25) is 0 Å². The second-order valence-electron chi connectivity index (χ2n) is 6.58. The molecule has 2 rings (SSSR count). The maximum Gasteiger partial charge on any atom is 0.220 e. The van der Waals surface area contributed by atoms with Gasteiger partial charge in [-0.3, -0.25) is 0 Å². The van der Waals surface area contributed by atoms with Crippen LogP contribution in [0.15, 0.2) is 0 Å². The van der Waals surface area contributed by atoms with E-state index in [4.69, 9.17) is 33.9 Å². The highest BCUT2D eigenvalue weighted by molar-refractivity contribution is 8.24. The number of ether oxygens (including phenoxy) is 2. The summed E-state index contributed by atoms with van der Waals surface area (Å²) in [5.41, 5.74) is 0. The zero-order valence-corrected chi connectivity index (χ0v) is 19.3. The van der Waals surface area contributed by atoms with E-state index in [1.54, 1.807) is 23.5 Å². The van der Waals surface area contributed by atoms with Crippen molar-refractivity contribution in [1.29, 1.82) is 0 Å². The molecule has 7 heteroatoms. The third kappa shape index (κ3) is 7.76. The molecule has 2 nitrogen and oxygen atoms in total. The van der Waals surface area contributed by atoms with Crippen LogP contribution in [-0.2, 0) is 9.47 Å². The number of thiocarbonyl (C=S) groups is 2. The zero-order chi connectivity index (χ0) is 18.1. The molecule has 0 N–H and O–H groups in total. The molecule has 0 spiro atoms. The molecule has 0 aromatic carbocycles. The van der Waals surface area contributed by atoms with Crippen molar-refractivity contribution in [2.75, 3.05) is 13.2 Å². The van der Waals surface area contributed by atoms with E-state index in [0.29, 0.717) is 21.0 Å². The summed E-state index contributed by atoms with van der Waals surface area (Å²) < 4.78 is 12.9. The fraction of sp³-hybridized carbons (Fsp3) is 0.889. The summed E-state index contributed by atoms with van der Waals surface area (Å²) in [4.78, 5) is 0. The second-order valence-corrected chi connectivity index (χ2v) is 11.7. The molecular weight excluding hydrogens is 409 g/mol. The molecule has 144 valence electrons. The topological polar surface area (TPSA) is 18.5 Å². The Bertz CT molecular complexity index is 394. The average molecular weight is 439 g/mol. The van der Waals surface area contributed by atoms with E-state index in [9.17, 15) is 0 Å². The summed E-state index contributed by atoms with van der Waals surface area (Å²) in [5, 5.41) is 2.66. The molecule has 2 saturated heterocycles. The highest BCUT2D eigenvalue weighted by Crippen LogP contribution is 2.49. The minimum atomic E-state index is 0.620. The van der Waals surface area contributed by atoms with Gasteiger partial charge in [0.05, 0.1) is 13.2 Å². The maximum atomic E-state index is 5.69. The van der Waals surface area contributed by atoms with E-state index in [-0.39, 0.29) is 0 Å². The van der Waals surface area contributed by atoms with E-state index >= 15 is 0 Å². The second kappa shape index (κ2) is 12.3. The molecule has 2 fully saturated rings. The summed E-state index contributed by atoms with van der Waals surface area (Å²) in [5.74, 6) is 0. The summed E-state index contributed by atoms with van der Waals surface area (Å²) >= 11 is 16.6. The molecule has 0 aromatic rings. The SMILES string of the molecule is CCCCOC(=S)SC1CCC2SC1CCC2SC(=S)OCCCC. The van der Waals surface area contributed by atoms with Gasteiger partial charge in [-0.05, 0) is 63.0 Å². The third-order valence-corrected chi connectivity index (χ3v) is 9.92. The van der Waals surface area contributed by atoms with Gasteiger partial charge in [0.1, 0.15) is 0 Å². The number of fused-ring (bicyclic) bond motifs is 2. The van der Waals surface area contributed by atoms with Crippen LogP contribution in [0, 0.1) is 0 Å². The molecule has 0 amide bonds. The van der Waals surface area contributed by atoms with E-state index in [1.165, 1.54) is 25.7 Å². The van der Waals surface area contributed by atoms with Crippen molar-refractivity contribution in [1.82, 2.24) is 0 Å². The molecule has 2 bridgehead atoms. The number of rotatable bonds is 8. The van der Waals surface area contributed by atoms with Crippen molar-refractivity contribution in [2.24, 2.45) is 0 Å². The summed E-state index contributed by atoms with van der Waals surface area (Å²) in [7, 11) is 0. The van der Waals surface area contributed by atoms with Crippen molar-refractivity contribution in [3.8, 4) is 0 Å². The normalized spacial score (nSPS) is 28.4. The largest absolute Gasteiger partial charge is 0.479 e. The van der Waals surface area contributed by atoms with Crippen molar-refractivity contribution in [3.05, 3.63) is 0 Å². The predicted octanol–water partition coefficient (Wildman–Crippen LogP) is 6.45. The first-order valence-electron chi connectivity index (χ1n) is 9.46. The third-order valence-electron chi connectivity index (χ3n) is 4.58. The molecule has 4 unspecified atom stereocenters. The van der Waals surface area contributed by atoms with Gasteiger partial charge in [0.2, 0.25) is 8.77 Å². The van der Waals surface area contributed by atoms with Crippen LogP contribution < -0.4 is 0 Å². The van der Waals surface area contributed by atoms with Gasteiger partial charge in [0.25, 0.3) is 0 Å². The Balaban J connectivity index is 1.71. The first kappa shape index (κ1) is 22.1. The number of unbranched alkanes of at least 4 members (excludes halogenated alkanes) is 2. The smallest absolute Gasteiger partial charge is 0.220 e. The van der Waals surface area contributed by atoms with Crippen LogP contribution in [-0.4, -0.2) is 43.0 Å². The highest BCUT2D eigenvalue weighted by Gasteiger charge is 2.40. The molecule has 4 atom stereocenters. The highest BCUT2D eigenvalue weighted by atomic mass is 32.2. The molecule has 2 aliphatic rings. The van der Waals surface area contributed by atoms with Crippen molar-refractivity contribution in [2.45, 2.75) is 86.2 Å². The molecule has 0 aromatic heterocycles. The minimum Gasteiger partial charge on any atom is -0.479 e. The van der Waals surface area contributed by atoms with E-state index < -0.39 is 0 Å². The lowest BCUT2D eigenvalue weighted by Crippen LogP contribution is -2.40. The Morgan fingerprint density at radius 3 is 1.68 bits per heavy atom. The van der Waals surface area contributed by atoms with Crippen molar-refractivity contribution >= 4 is 68.5 Å². The van der Waals surface area contributed by atoms with Gasteiger partial charge >= 0.3 is 0 Å². The lowest BCUT2D eigenvalue weighted by atomic mass is 9.98. The first-order valence-corrected chi connectivity index (χ1v) is 13.0. The zero-order valence-electron chi connectivity index (χ0n) is 15.2. The first-order chi connectivity index (χ1) is 12.1. The Kier molecular flexibility index (Phi) is 10.9. The molecule has 25 heavy (non-hydrogen) atoms. The van der Waals surface area contributed by atoms with Gasteiger partial charge in [-0.1, -0.05) is 50.2 Å². The van der Waals surface area contributed by atoms with Crippen LogP contribution >= 0.6 is 59.7 Å². The molecule has 2 aliphatic heterocycles. The standard InChI is InChI=1S/C18H30O2S5/c1-3-5-11-19-17(21)24-15-9-7-14-16(10-8-13(15)23-14)25-18(22)20-12-6-4-2/h13-16H,3-12H2,1-2H3. The molecular formula is C18H30O2S5. The monoisotopic (exact) mass is 438 g/mol. The molecule has 0 saturated carbocycles. The van der Waals surface area contributed by atoms with Crippen LogP contribution in [0.3, 0.4) is 0 Å². The van der Waals surface area contributed by atoms with Crippen LogP contribution in [0.1, 0.15) is 65.2 Å². The van der Waals surface area contributed by atoms with E-state index in [0.717, 1.165) is 47.7 Å². The number of thioether (sulfide) groups is 3. The summed E-state index contributed by atoms with van der Waals surface area (Å²) in [6.45, 7) is 5.89. The van der Waals surface area contributed by atoms with Gasteiger partial charge in [0.15, 0.2) is 0 Å². The maximum absolute atomic E-state index is 5.69. The summed E-state index contributed by atoms with van der Waals surface area (Å²) in [6, 6.07) is 0. The quantitative estimate of drug-likeness (QED) is 0.316. The Morgan fingerprint density at radius 1 is 0.840 bits per heavy atom. The molecule has 0 aliphatic carbocycles. The Labute approximate surface area is 176 Å². The van der Waals surface area contributed by atoms with E-state index in [1.807, 2.05) is 0 Å². The van der Waals surface area contributed by atoms with Gasteiger partial charge in [0, 0.05) is 21.0 Å². The molecule has 2 heterocycles. The van der Waals surface area contributed by atoms with Crippen LogP contribution in [0.25, 0.3) is 0 Å². The fourth-order valence-electron chi connectivity index (χ4n) is 3.12. The van der Waals surface area contributed by atoms with Crippen LogP contribution in [0.4, 0.5) is 0 Å². The van der Waals surface area contributed by atoms with Crippen LogP contribution in [0.5, 0.6) is 0 Å².